The molecule has 1 aromatic carbocycles. The summed E-state index contributed by atoms with van der Waals surface area (Å²) in [5, 5.41) is 11.4. The highest BCUT2D eigenvalue weighted by molar-refractivity contribution is 5.94. The first-order valence-corrected chi connectivity index (χ1v) is 6.34. The first kappa shape index (κ1) is 15.6. The molecule has 0 aliphatic carbocycles. The van der Waals surface area contributed by atoms with Gasteiger partial charge in [-0.2, -0.15) is 0 Å². The Morgan fingerprint density at radius 3 is 2.68 bits per heavy atom. The Morgan fingerprint density at radius 1 is 1.42 bits per heavy atom. The summed E-state index contributed by atoms with van der Waals surface area (Å²) < 4.78 is 27.2. The lowest BCUT2D eigenvalue weighted by Crippen LogP contribution is -2.31. The number of benzene rings is 1. The Balaban J connectivity index is 2.76. The Bertz CT molecular complexity index is 449. The molecular weight excluding hydrogens is 252 g/mol. The van der Waals surface area contributed by atoms with Gasteiger partial charge in [-0.3, -0.25) is 4.79 Å². The van der Waals surface area contributed by atoms with Crippen LogP contribution in [0.5, 0.6) is 0 Å². The highest BCUT2D eigenvalue weighted by Gasteiger charge is 2.19. The van der Waals surface area contributed by atoms with Crippen molar-refractivity contribution in [2.24, 2.45) is 5.92 Å². The highest BCUT2D eigenvalue weighted by atomic mass is 19.1. The summed E-state index contributed by atoms with van der Waals surface area (Å²) in [7, 11) is 0. The zero-order valence-electron chi connectivity index (χ0n) is 11.2. The largest absolute Gasteiger partial charge is 0.396 e. The molecule has 0 bridgehead atoms. The van der Waals surface area contributed by atoms with E-state index in [0.717, 1.165) is 12.5 Å². The monoisotopic (exact) mass is 271 g/mol. The van der Waals surface area contributed by atoms with Gasteiger partial charge >= 0.3 is 0 Å². The van der Waals surface area contributed by atoms with E-state index in [4.69, 9.17) is 5.11 Å². The molecule has 1 rings (SSSR count). The van der Waals surface area contributed by atoms with Gasteiger partial charge in [0.05, 0.1) is 0 Å². The van der Waals surface area contributed by atoms with Crippen molar-refractivity contribution in [2.75, 3.05) is 13.2 Å². The Kier molecular flexibility index (Phi) is 5.89. The summed E-state index contributed by atoms with van der Waals surface area (Å²) in [4.78, 5) is 11.8. The smallest absolute Gasteiger partial charge is 0.257 e. The highest BCUT2D eigenvalue weighted by Crippen LogP contribution is 2.16. The van der Waals surface area contributed by atoms with Crippen LogP contribution in [0.2, 0.25) is 0 Å². The number of aryl methyl sites for hydroxylation is 1. The van der Waals surface area contributed by atoms with Gasteiger partial charge in [-0.05, 0) is 30.9 Å². The van der Waals surface area contributed by atoms with Gasteiger partial charge < -0.3 is 10.4 Å². The third-order valence-electron chi connectivity index (χ3n) is 3.18. The predicted octanol–water partition coefficient (Wildman–Crippen LogP) is 2.41. The predicted molar refractivity (Wildman–Crippen MR) is 68.9 cm³/mol. The van der Waals surface area contributed by atoms with Crippen molar-refractivity contribution >= 4 is 5.91 Å². The van der Waals surface area contributed by atoms with Crippen molar-refractivity contribution in [2.45, 2.75) is 26.7 Å². The molecule has 0 aromatic heterocycles. The first-order valence-electron chi connectivity index (χ1n) is 6.34. The Hall–Kier alpha value is -1.49. The van der Waals surface area contributed by atoms with Crippen LogP contribution < -0.4 is 5.32 Å². The van der Waals surface area contributed by atoms with Crippen LogP contribution in [0.1, 0.15) is 35.7 Å². The maximum atomic E-state index is 13.7. The minimum absolute atomic E-state index is 0.0293. The number of aliphatic hydroxyl groups excluding tert-OH is 1. The number of rotatable bonds is 6. The summed E-state index contributed by atoms with van der Waals surface area (Å²) in [5.41, 5.74) is -0.312. The second-order valence-corrected chi connectivity index (χ2v) is 4.55. The van der Waals surface area contributed by atoms with Gasteiger partial charge in [-0.25, -0.2) is 8.78 Å². The SMILES string of the molecule is CCC(CCO)CNC(=O)c1c(F)ccc(C)c1F. The molecule has 2 N–H and O–H groups in total. The van der Waals surface area contributed by atoms with Gasteiger partial charge in [0, 0.05) is 13.2 Å². The van der Waals surface area contributed by atoms with E-state index in [-0.39, 0.29) is 18.1 Å². The van der Waals surface area contributed by atoms with Gasteiger partial charge in [0.25, 0.3) is 5.91 Å². The third-order valence-corrected chi connectivity index (χ3v) is 3.18. The number of carbonyl (C=O) groups is 1. The first-order chi connectivity index (χ1) is 9.01. The molecule has 0 heterocycles. The molecule has 3 nitrogen and oxygen atoms in total. The third kappa shape index (κ3) is 3.99. The lowest BCUT2D eigenvalue weighted by Gasteiger charge is -2.15. The fourth-order valence-corrected chi connectivity index (χ4v) is 1.82. The molecule has 0 spiro atoms. The zero-order valence-corrected chi connectivity index (χ0v) is 11.2. The van der Waals surface area contributed by atoms with Crippen LogP contribution in [0.3, 0.4) is 0 Å². The number of carbonyl (C=O) groups excluding carboxylic acids is 1. The quantitative estimate of drug-likeness (QED) is 0.834. The normalized spacial score (nSPS) is 12.3. The van der Waals surface area contributed by atoms with Crippen molar-refractivity contribution in [1.82, 2.24) is 5.32 Å². The number of aliphatic hydroxyl groups is 1. The van der Waals surface area contributed by atoms with E-state index in [9.17, 15) is 13.6 Å². The van der Waals surface area contributed by atoms with Crippen molar-refractivity contribution in [1.29, 1.82) is 0 Å². The Labute approximate surface area is 111 Å². The number of amides is 1. The zero-order chi connectivity index (χ0) is 14.4. The van der Waals surface area contributed by atoms with Gasteiger partial charge in [0.1, 0.15) is 17.2 Å². The van der Waals surface area contributed by atoms with E-state index < -0.39 is 23.1 Å². The van der Waals surface area contributed by atoms with E-state index >= 15 is 0 Å². The van der Waals surface area contributed by atoms with E-state index in [1.807, 2.05) is 6.92 Å². The summed E-state index contributed by atoms with van der Waals surface area (Å²) in [6, 6.07) is 2.38. The van der Waals surface area contributed by atoms with Crippen LogP contribution in [0.4, 0.5) is 8.78 Å². The summed E-state index contributed by atoms with van der Waals surface area (Å²) in [6.45, 7) is 3.73. The molecule has 106 valence electrons. The molecule has 1 amide bonds. The van der Waals surface area contributed by atoms with Crippen LogP contribution in [0, 0.1) is 24.5 Å². The van der Waals surface area contributed by atoms with E-state index in [0.29, 0.717) is 13.0 Å². The van der Waals surface area contributed by atoms with Crippen molar-refractivity contribution in [3.05, 3.63) is 34.9 Å². The molecule has 0 saturated heterocycles. The van der Waals surface area contributed by atoms with E-state index in [1.165, 1.54) is 13.0 Å². The second-order valence-electron chi connectivity index (χ2n) is 4.55. The van der Waals surface area contributed by atoms with Crippen LogP contribution in [-0.2, 0) is 0 Å². The fourth-order valence-electron chi connectivity index (χ4n) is 1.82. The number of halogens is 2. The average molecular weight is 271 g/mol. The Morgan fingerprint density at radius 2 is 2.11 bits per heavy atom. The van der Waals surface area contributed by atoms with Crippen molar-refractivity contribution < 1.29 is 18.7 Å². The van der Waals surface area contributed by atoms with E-state index in [1.54, 1.807) is 0 Å². The average Bonchev–Trinajstić information content (AvgIpc) is 2.39. The molecule has 1 aromatic rings. The minimum atomic E-state index is -0.865. The van der Waals surface area contributed by atoms with Gasteiger partial charge in [0.15, 0.2) is 0 Å². The topological polar surface area (TPSA) is 49.3 Å². The molecule has 0 saturated carbocycles. The lowest BCUT2D eigenvalue weighted by molar-refractivity contribution is 0.0935. The van der Waals surface area contributed by atoms with Gasteiger partial charge in [-0.1, -0.05) is 19.4 Å². The van der Waals surface area contributed by atoms with Crippen LogP contribution in [0.15, 0.2) is 12.1 Å². The van der Waals surface area contributed by atoms with Crippen molar-refractivity contribution in [3.63, 3.8) is 0 Å². The van der Waals surface area contributed by atoms with Crippen LogP contribution in [0.25, 0.3) is 0 Å². The summed E-state index contributed by atoms with van der Waals surface area (Å²) in [6.07, 6.45) is 1.33. The fraction of sp³-hybridized carbons (Fsp3) is 0.500. The molecule has 0 fully saturated rings. The van der Waals surface area contributed by atoms with E-state index in [2.05, 4.69) is 5.32 Å². The van der Waals surface area contributed by atoms with Gasteiger partial charge in [0.2, 0.25) is 0 Å². The summed E-state index contributed by atoms with van der Waals surface area (Å²) >= 11 is 0. The number of hydrogen-bond donors (Lipinski definition) is 2. The van der Waals surface area contributed by atoms with Crippen molar-refractivity contribution in [3.8, 4) is 0 Å². The number of hydrogen-bond acceptors (Lipinski definition) is 2. The second kappa shape index (κ2) is 7.19. The molecule has 1 unspecified atom stereocenters. The molecule has 5 heteroatoms. The maximum Gasteiger partial charge on any atom is 0.257 e. The standard InChI is InChI=1S/C14H19F2NO2/c1-3-10(6-7-18)8-17-14(19)12-11(15)5-4-9(2)13(12)16/h4-5,10,18H,3,6-8H2,1-2H3,(H,17,19). The molecule has 0 radical (unpaired) electrons. The molecule has 1 atom stereocenters. The van der Waals surface area contributed by atoms with Gasteiger partial charge in [-0.15, -0.1) is 0 Å². The molecule has 19 heavy (non-hydrogen) atoms. The molecule has 0 aliphatic rings. The molecule has 0 aliphatic heterocycles. The van der Waals surface area contributed by atoms with Crippen LogP contribution in [-0.4, -0.2) is 24.2 Å². The minimum Gasteiger partial charge on any atom is -0.396 e. The van der Waals surface area contributed by atoms with Crippen LogP contribution >= 0.6 is 0 Å². The number of nitrogens with one attached hydrogen (secondary N) is 1. The summed E-state index contributed by atoms with van der Waals surface area (Å²) in [5.74, 6) is -2.34. The molecular formula is C14H19F2NO2. The maximum absolute atomic E-state index is 13.7. The lowest BCUT2D eigenvalue weighted by atomic mass is 10.0.